The molecule has 5 nitrogen and oxygen atoms in total. The molecule has 0 saturated heterocycles. The lowest BCUT2D eigenvalue weighted by Gasteiger charge is -1.97. The van der Waals surface area contributed by atoms with E-state index in [9.17, 15) is 0 Å². The zero-order chi connectivity index (χ0) is 12.5. The molecule has 3 rings (SSSR count). The third-order valence-electron chi connectivity index (χ3n) is 2.47. The van der Waals surface area contributed by atoms with Gasteiger partial charge in [0.05, 0.1) is 5.56 Å². The van der Waals surface area contributed by atoms with E-state index < -0.39 is 0 Å². The monoisotopic (exact) mass is 260 g/mol. The van der Waals surface area contributed by atoms with E-state index in [0.717, 1.165) is 11.1 Å². The fourth-order valence-corrected chi connectivity index (χ4v) is 1.76. The lowest BCUT2D eigenvalue weighted by atomic mass is 10.3. The summed E-state index contributed by atoms with van der Waals surface area (Å²) < 4.78 is 5.61. The van der Waals surface area contributed by atoms with Gasteiger partial charge in [-0.05, 0) is 18.2 Å². The first-order valence-electron chi connectivity index (χ1n) is 5.32. The number of nitrogens with zero attached hydrogens (tertiary/aromatic N) is 3. The minimum absolute atomic E-state index is 0.481. The molecule has 18 heavy (non-hydrogen) atoms. The van der Waals surface area contributed by atoms with Crippen LogP contribution in [0.4, 0.5) is 5.95 Å². The molecule has 0 atom stereocenters. The van der Waals surface area contributed by atoms with Crippen LogP contribution < -0.4 is 5.32 Å². The van der Waals surface area contributed by atoms with E-state index in [1.54, 1.807) is 37.6 Å². The molecule has 6 heteroatoms. The molecule has 0 aliphatic rings. The van der Waals surface area contributed by atoms with Crippen molar-refractivity contribution in [2.24, 2.45) is 0 Å². The smallest absolute Gasteiger partial charge is 0.230 e. The second kappa shape index (κ2) is 4.27. The SMILES string of the molecule is CNc1ncc(-c2nc3cc(Cl)ccc3o2)cn1. The Hall–Kier alpha value is -2.14. The van der Waals surface area contributed by atoms with Crippen LogP contribution in [0.5, 0.6) is 0 Å². The number of fused-ring (bicyclic) bond motifs is 1. The van der Waals surface area contributed by atoms with Crippen LogP contribution in [0, 0.1) is 0 Å². The highest BCUT2D eigenvalue weighted by Gasteiger charge is 2.09. The van der Waals surface area contributed by atoms with Crippen molar-refractivity contribution < 1.29 is 4.42 Å². The van der Waals surface area contributed by atoms with Crippen molar-refractivity contribution >= 4 is 28.6 Å². The van der Waals surface area contributed by atoms with E-state index in [2.05, 4.69) is 20.3 Å². The van der Waals surface area contributed by atoms with Crippen molar-refractivity contribution in [2.45, 2.75) is 0 Å². The summed E-state index contributed by atoms with van der Waals surface area (Å²) >= 11 is 5.90. The lowest BCUT2D eigenvalue weighted by molar-refractivity contribution is 0.619. The summed E-state index contributed by atoms with van der Waals surface area (Å²) in [6.07, 6.45) is 3.32. The zero-order valence-corrected chi connectivity index (χ0v) is 10.3. The van der Waals surface area contributed by atoms with Crippen LogP contribution in [0.15, 0.2) is 35.0 Å². The second-order valence-electron chi connectivity index (χ2n) is 3.68. The van der Waals surface area contributed by atoms with Crippen LogP contribution in [0.25, 0.3) is 22.6 Å². The Labute approximate surface area is 108 Å². The van der Waals surface area contributed by atoms with Crippen LogP contribution in [-0.2, 0) is 0 Å². The Bertz CT molecular complexity index is 693. The summed E-state index contributed by atoms with van der Waals surface area (Å²) in [5.74, 6) is 1.04. The molecule has 0 amide bonds. The number of anilines is 1. The van der Waals surface area contributed by atoms with Gasteiger partial charge < -0.3 is 9.73 Å². The molecular weight excluding hydrogens is 252 g/mol. The Morgan fingerprint density at radius 2 is 2.00 bits per heavy atom. The maximum Gasteiger partial charge on any atom is 0.230 e. The second-order valence-corrected chi connectivity index (χ2v) is 4.11. The lowest BCUT2D eigenvalue weighted by Crippen LogP contribution is -1.95. The van der Waals surface area contributed by atoms with Gasteiger partial charge in [-0.1, -0.05) is 11.6 Å². The zero-order valence-electron chi connectivity index (χ0n) is 9.51. The van der Waals surface area contributed by atoms with E-state index in [-0.39, 0.29) is 0 Å². The number of benzene rings is 1. The number of nitrogens with one attached hydrogen (secondary N) is 1. The number of rotatable bonds is 2. The van der Waals surface area contributed by atoms with Gasteiger partial charge in [-0.3, -0.25) is 0 Å². The van der Waals surface area contributed by atoms with Crippen molar-refractivity contribution in [3.63, 3.8) is 0 Å². The first-order valence-corrected chi connectivity index (χ1v) is 5.70. The van der Waals surface area contributed by atoms with E-state index in [1.807, 2.05) is 0 Å². The van der Waals surface area contributed by atoms with Crippen molar-refractivity contribution in [3.8, 4) is 11.5 Å². The average Bonchev–Trinajstić information content (AvgIpc) is 2.81. The summed E-state index contributed by atoms with van der Waals surface area (Å²) in [5.41, 5.74) is 2.13. The van der Waals surface area contributed by atoms with Gasteiger partial charge >= 0.3 is 0 Å². The maximum atomic E-state index is 5.90. The van der Waals surface area contributed by atoms with E-state index in [4.69, 9.17) is 16.0 Å². The number of oxazole rings is 1. The van der Waals surface area contributed by atoms with Crippen molar-refractivity contribution in [2.75, 3.05) is 12.4 Å². The van der Waals surface area contributed by atoms with Crippen LogP contribution in [0.3, 0.4) is 0 Å². The summed E-state index contributed by atoms with van der Waals surface area (Å²) in [4.78, 5) is 12.6. The van der Waals surface area contributed by atoms with Gasteiger partial charge in [0.25, 0.3) is 0 Å². The minimum Gasteiger partial charge on any atom is -0.436 e. The molecule has 0 spiro atoms. The highest BCUT2D eigenvalue weighted by atomic mass is 35.5. The third-order valence-corrected chi connectivity index (χ3v) is 2.71. The molecule has 0 unspecified atom stereocenters. The first kappa shape index (κ1) is 11.0. The third kappa shape index (κ3) is 1.89. The van der Waals surface area contributed by atoms with Gasteiger partial charge in [0.15, 0.2) is 5.58 Å². The van der Waals surface area contributed by atoms with Gasteiger partial charge in [-0.15, -0.1) is 0 Å². The normalized spacial score (nSPS) is 10.8. The number of hydrogen-bond acceptors (Lipinski definition) is 5. The van der Waals surface area contributed by atoms with Crippen LogP contribution >= 0.6 is 11.6 Å². The Balaban J connectivity index is 2.07. The van der Waals surface area contributed by atoms with Crippen LogP contribution in [-0.4, -0.2) is 22.0 Å². The van der Waals surface area contributed by atoms with Gasteiger partial charge in [0.2, 0.25) is 11.8 Å². The standard InChI is InChI=1S/C12H9ClN4O/c1-14-12-15-5-7(6-16-12)11-17-9-4-8(13)2-3-10(9)18-11/h2-6H,1H3,(H,14,15,16). The first-order chi connectivity index (χ1) is 8.76. The summed E-state index contributed by atoms with van der Waals surface area (Å²) in [5, 5.41) is 3.48. The van der Waals surface area contributed by atoms with Gasteiger partial charge in [-0.2, -0.15) is 0 Å². The van der Waals surface area contributed by atoms with Gasteiger partial charge in [0, 0.05) is 24.5 Å². The Morgan fingerprint density at radius 1 is 1.22 bits per heavy atom. The molecule has 2 aromatic heterocycles. The number of aromatic nitrogens is 3. The highest BCUT2D eigenvalue weighted by molar-refractivity contribution is 6.31. The summed E-state index contributed by atoms with van der Waals surface area (Å²) in [7, 11) is 1.76. The predicted octanol–water partition coefficient (Wildman–Crippen LogP) is 2.98. The molecule has 0 radical (unpaired) electrons. The van der Waals surface area contributed by atoms with E-state index >= 15 is 0 Å². The molecule has 0 aliphatic carbocycles. The molecule has 1 aromatic carbocycles. The molecule has 0 fully saturated rings. The number of halogens is 1. The molecule has 0 aliphatic heterocycles. The number of hydrogen-bond donors (Lipinski definition) is 1. The minimum atomic E-state index is 0.481. The van der Waals surface area contributed by atoms with Crippen molar-refractivity contribution in [3.05, 3.63) is 35.6 Å². The summed E-state index contributed by atoms with van der Waals surface area (Å²) in [6, 6.07) is 5.31. The van der Waals surface area contributed by atoms with Crippen molar-refractivity contribution in [1.82, 2.24) is 15.0 Å². The largest absolute Gasteiger partial charge is 0.436 e. The summed E-state index contributed by atoms with van der Waals surface area (Å²) in [6.45, 7) is 0. The van der Waals surface area contributed by atoms with E-state index in [0.29, 0.717) is 22.4 Å². The Kier molecular flexibility index (Phi) is 2.60. The predicted molar refractivity (Wildman–Crippen MR) is 69.6 cm³/mol. The molecular formula is C12H9ClN4O. The topological polar surface area (TPSA) is 63.8 Å². The molecule has 1 N–H and O–H groups in total. The quantitative estimate of drug-likeness (QED) is 0.767. The highest BCUT2D eigenvalue weighted by Crippen LogP contribution is 2.25. The molecule has 0 bridgehead atoms. The fourth-order valence-electron chi connectivity index (χ4n) is 1.59. The average molecular weight is 261 g/mol. The molecule has 2 heterocycles. The molecule has 90 valence electrons. The molecule has 3 aromatic rings. The molecule has 0 saturated carbocycles. The van der Waals surface area contributed by atoms with Crippen LogP contribution in [0.1, 0.15) is 0 Å². The van der Waals surface area contributed by atoms with Crippen molar-refractivity contribution in [1.29, 1.82) is 0 Å². The van der Waals surface area contributed by atoms with E-state index in [1.165, 1.54) is 0 Å². The fraction of sp³-hybridized carbons (Fsp3) is 0.0833. The Morgan fingerprint density at radius 3 is 2.72 bits per heavy atom. The van der Waals surface area contributed by atoms with Gasteiger partial charge in [-0.25, -0.2) is 15.0 Å². The van der Waals surface area contributed by atoms with Gasteiger partial charge in [0.1, 0.15) is 5.52 Å². The maximum absolute atomic E-state index is 5.90. The van der Waals surface area contributed by atoms with Crippen LogP contribution in [0.2, 0.25) is 5.02 Å².